The molecule has 0 aliphatic heterocycles. The molecular weight excluding hydrogens is 276 g/mol. The Labute approximate surface area is 122 Å². The van der Waals surface area contributed by atoms with Crippen molar-refractivity contribution in [1.82, 2.24) is 10.6 Å². The highest BCUT2D eigenvalue weighted by Crippen LogP contribution is 2.07. The van der Waals surface area contributed by atoms with Crippen LogP contribution in [0.2, 0.25) is 0 Å². The van der Waals surface area contributed by atoms with Gasteiger partial charge in [-0.3, -0.25) is 14.4 Å². The van der Waals surface area contributed by atoms with Crippen molar-refractivity contribution in [2.45, 2.75) is 6.92 Å². The van der Waals surface area contributed by atoms with Gasteiger partial charge in [-0.1, -0.05) is 25.1 Å². The SMILES string of the molecule is CC(CNC(=O)CNC(=O)COc1ccccc1)C(=O)O. The fourth-order valence-electron chi connectivity index (χ4n) is 1.31. The van der Waals surface area contributed by atoms with Gasteiger partial charge in [0, 0.05) is 6.54 Å². The minimum atomic E-state index is -0.990. The average Bonchev–Trinajstić information content (AvgIpc) is 2.49. The van der Waals surface area contributed by atoms with Crippen LogP contribution >= 0.6 is 0 Å². The Morgan fingerprint density at radius 2 is 1.81 bits per heavy atom. The summed E-state index contributed by atoms with van der Waals surface area (Å²) in [5, 5.41) is 13.5. The van der Waals surface area contributed by atoms with E-state index in [0.717, 1.165) is 0 Å². The van der Waals surface area contributed by atoms with Crippen LogP contribution in [0.1, 0.15) is 6.92 Å². The largest absolute Gasteiger partial charge is 0.484 e. The number of benzene rings is 1. The molecule has 1 unspecified atom stereocenters. The molecule has 7 heteroatoms. The number of carbonyl (C=O) groups is 3. The molecule has 0 heterocycles. The maximum atomic E-state index is 11.5. The number of hydrogen-bond acceptors (Lipinski definition) is 4. The Kier molecular flexibility index (Phi) is 6.73. The topological polar surface area (TPSA) is 105 Å². The zero-order chi connectivity index (χ0) is 15.7. The number of aliphatic carboxylic acids is 1. The lowest BCUT2D eigenvalue weighted by Crippen LogP contribution is -2.41. The number of rotatable bonds is 8. The Hall–Kier alpha value is -2.57. The van der Waals surface area contributed by atoms with E-state index in [1.807, 2.05) is 6.07 Å². The molecule has 114 valence electrons. The zero-order valence-electron chi connectivity index (χ0n) is 11.7. The molecule has 0 bridgehead atoms. The quantitative estimate of drug-likeness (QED) is 0.627. The van der Waals surface area contributed by atoms with Crippen LogP contribution in [0.15, 0.2) is 30.3 Å². The van der Waals surface area contributed by atoms with Crippen molar-refractivity contribution in [3.05, 3.63) is 30.3 Å². The van der Waals surface area contributed by atoms with Gasteiger partial charge in [-0.2, -0.15) is 0 Å². The second kappa shape index (κ2) is 8.57. The molecule has 0 aromatic heterocycles. The Morgan fingerprint density at radius 3 is 2.43 bits per heavy atom. The molecular formula is C14H18N2O5. The van der Waals surface area contributed by atoms with Crippen LogP contribution in [-0.2, 0) is 14.4 Å². The number of hydrogen-bond donors (Lipinski definition) is 3. The predicted octanol–water partition coefficient (Wildman–Crippen LogP) is 0.0185. The monoisotopic (exact) mass is 294 g/mol. The molecule has 1 rings (SSSR count). The van der Waals surface area contributed by atoms with Crippen molar-refractivity contribution in [3.8, 4) is 5.75 Å². The fourth-order valence-corrected chi connectivity index (χ4v) is 1.31. The lowest BCUT2D eigenvalue weighted by molar-refractivity contribution is -0.141. The van der Waals surface area contributed by atoms with Gasteiger partial charge in [0.2, 0.25) is 5.91 Å². The van der Waals surface area contributed by atoms with E-state index in [1.165, 1.54) is 6.92 Å². The molecule has 21 heavy (non-hydrogen) atoms. The van der Waals surface area contributed by atoms with Crippen molar-refractivity contribution in [2.75, 3.05) is 19.7 Å². The lowest BCUT2D eigenvalue weighted by Gasteiger charge is -2.09. The van der Waals surface area contributed by atoms with E-state index in [-0.39, 0.29) is 19.7 Å². The normalized spacial score (nSPS) is 11.3. The second-order valence-electron chi connectivity index (χ2n) is 4.42. The second-order valence-corrected chi connectivity index (χ2v) is 4.42. The summed E-state index contributed by atoms with van der Waals surface area (Å²) in [5.74, 6) is -1.98. The lowest BCUT2D eigenvalue weighted by atomic mass is 10.2. The van der Waals surface area contributed by atoms with Gasteiger partial charge in [0.1, 0.15) is 5.75 Å². The van der Waals surface area contributed by atoms with E-state index in [4.69, 9.17) is 9.84 Å². The first-order chi connectivity index (χ1) is 9.99. The van der Waals surface area contributed by atoms with E-state index in [9.17, 15) is 14.4 Å². The first kappa shape index (κ1) is 16.5. The summed E-state index contributed by atoms with van der Waals surface area (Å²) in [6, 6.07) is 8.82. The summed E-state index contributed by atoms with van der Waals surface area (Å²) < 4.78 is 5.21. The average molecular weight is 294 g/mol. The van der Waals surface area contributed by atoms with E-state index >= 15 is 0 Å². The van der Waals surface area contributed by atoms with Crippen molar-refractivity contribution in [1.29, 1.82) is 0 Å². The van der Waals surface area contributed by atoms with E-state index in [2.05, 4.69) is 10.6 Å². The first-order valence-electron chi connectivity index (χ1n) is 6.43. The maximum absolute atomic E-state index is 11.5. The highest BCUT2D eigenvalue weighted by molar-refractivity contribution is 5.85. The number of carbonyl (C=O) groups excluding carboxylic acids is 2. The van der Waals surface area contributed by atoms with Crippen LogP contribution in [0.3, 0.4) is 0 Å². The van der Waals surface area contributed by atoms with Gasteiger partial charge in [0.05, 0.1) is 12.5 Å². The van der Waals surface area contributed by atoms with Gasteiger partial charge in [-0.25, -0.2) is 0 Å². The molecule has 1 atom stereocenters. The van der Waals surface area contributed by atoms with Crippen LogP contribution in [0.4, 0.5) is 0 Å². The minimum Gasteiger partial charge on any atom is -0.484 e. The Balaban J connectivity index is 2.17. The smallest absolute Gasteiger partial charge is 0.308 e. The molecule has 0 aliphatic rings. The van der Waals surface area contributed by atoms with Crippen LogP contribution in [0.25, 0.3) is 0 Å². The van der Waals surface area contributed by atoms with Gasteiger partial charge in [0.15, 0.2) is 6.61 Å². The first-order valence-corrected chi connectivity index (χ1v) is 6.43. The number of para-hydroxylation sites is 1. The number of nitrogens with one attached hydrogen (secondary N) is 2. The van der Waals surface area contributed by atoms with E-state index < -0.39 is 23.7 Å². The minimum absolute atomic E-state index is 0.0184. The summed E-state index contributed by atoms with van der Waals surface area (Å²) in [7, 11) is 0. The summed E-state index contributed by atoms with van der Waals surface area (Å²) in [4.78, 5) is 33.4. The van der Waals surface area contributed by atoms with Gasteiger partial charge in [-0.15, -0.1) is 0 Å². The molecule has 0 saturated heterocycles. The predicted molar refractivity (Wildman–Crippen MR) is 74.8 cm³/mol. The molecule has 0 saturated carbocycles. The third kappa shape index (κ3) is 6.95. The van der Waals surface area contributed by atoms with Crippen LogP contribution < -0.4 is 15.4 Å². The Bertz CT molecular complexity index is 489. The molecule has 3 N–H and O–H groups in total. The molecule has 0 spiro atoms. The number of ether oxygens (including phenoxy) is 1. The molecule has 0 radical (unpaired) electrons. The summed E-state index contributed by atoms with van der Waals surface area (Å²) in [5.41, 5.74) is 0. The zero-order valence-corrected chi connectivity index (χ0v) is 11.7. The maximum Gasteiger partial charge on any atom is 0.308 e. The van der Waals surface area contributed by atoms with Crippen LogP contribution in [0, 0.1) is 5.92 Å². The standard InChI is InChI=1S/C14H18N2O5/c1-10(14(19)20)7-15-12(17)8-16-13(18)9-21-11-5-3-2-4-6-11/h2-6,10H,7-9H2,1H3,(H,15,17)(H,16,18)(H,19,20). The molecule has 2 amide bonds. The molecule has 1 aromatic carbocycles. The van der Waals surface area contributed by atoms with Crippen molar-refractivity contribution in [3.63, 3.8) is 0 Å². The fraction of sp³-hybridized carbons (Fsp3) is 0.357. The third-order valence-corrected chi connectivity index (χ3v) is 2.59. The number of carboxylic acids is 1. The van der Waals surface area contributed by atoms with Crippen molar-refractivity contribution < 1.29 is 24.2 Å². The third-order valence-electron chi connectivity index (χ3n) is 2.59. The van der Waals surface area contributed by atoms with Gasteiger partial charge < -0.3 is 20.5 Å². The van der Waals surface area contributed by atoms with Crippen LogP contribution in [0.5, 0.6) is 5.75 Å². The van der Waals surface area contributed by atoms with Gasteiger partial charge in [0.25, 0.3) is 5.91 Å². The number of carboxylic acid groups (broad SMARTS) is 1. The highest BCUT2D eigenvalue weighted by atomic mass is 16.5. The summed E-state index contributed by atoms with van der Waals surface area (Å²) in [6.45, 7) is 1.09. The molecule has 0 fully saturated rings. The van der Waals surface area contributed by atoms with Crippen molar-refractivity contribution >= 4 is 17.8 Å². The summed E-state index contributed by atoms with van der Waals surface area (Å²) >= 11 is 0. The summed E-state index contributed by atoms with van der Waals surface area (Å²) in [6.07, 6.45) is 0. The van der Waals surface area contributed by atoms with Gasteiger partial charge >= 0.3 is 5.97 Å². The number of amides is 2. The highest BCUT2D eigenvalue weighted by Gasteiger charge is 2.12. The van der Waals surface area contributed by atoms with Crippen LogP contribution in [-0.4, -0.2) is 42.6 Å². The molecule has 0 aliphatic carbocycles. The Morgan fingerprint density at radius 1 is 1.14 bits per heavy atom. The van der Waals surface area contributed by atoms with E-state index in [0.29, 0.717) is 5.75 Å². The van der Waals surface area contributed by atoms with E-state index in [1.54, 1.807) is 24.3 Å². The van der Waals surface area contributed by atoms with Crippen molar-refractivity contribution in [2.24, 2.45) is 5.92 Å². The molecule has 1 aromatic rings. The molecule has 7 nitrogen and oxygen atoms in total. The van der Waals surface area contributed by atoms with Gasteiger partial charge in [-0.05, 0) is 12.1 Å².